The molecule has 0 radical (unpaired) electrons. The molecular weight excluding hydrogens is 438 g/mol. The summed E-state index contributed by atoms with van der Waals surface area (Å²) in [7, 11) is 0. The maximum Gasteiger partial charge on any atom is 0.410 e. The Morgan fingerprint density at radius 1 is 1.12 bits per heavy atom. The lowest BCUT2D eigenvalue weighted by Crippen LogP contribution is -2.45. The van der Waals surface area contributed by atoms with Gasteiger partial charge in [0.2, 0.25) is 5.92 Å². The summed E-state index contributed by atoms with van der Waals surface area (Å²) in [5.74, 6) is -2.45. The predicted molar refractivity (Wildman–Crippen MR) is 125 cm³/mol. The fourth-order valence-electron chi connectivity index (χ4n) is 6.13. The molecule has 3 fully saturated rings. The maximum absolute atomic E-state index is 13.8. The standard InChI is InChI=1S/C26H36F2N4O2/c1-16-12-21(26-14-19(26)10-11-31(15-26)23(33)34-24(2,3)4)32-22(29-16)13-20(30-32)17-6-8-18(9-7-17)25(5,27)28/h12-13,17-19H,6-11,14-15H2,1-5H3. The lowest BCUT2D eigenvalue weighted by molar-refractivity contribution is -0.0547. The summed E-state index contributed by atoms with van der Waals surface area (Å²) < 4.78 is 35.1. The predicted octanol–water partition coefficient (Wildman–Crippen LogP) is 5.87. The third-order valence-corrected chi connectivity index (χ3v) is 8.05. The van der Waals surface area contributed by atoms with Crippen molar-refractivity contribution in [3.05, 3.63) is 29.2 Å². The van der Waals surface area contributed by atoms with Gasteiger partial charge in [0, 0.05) is 42.1 Å². The second kappa shape index (κ2) is 7.89. The van der Waals surface area contributed by atoms with Gasteiger partial charge in [-0.15, -0.1) is 0 Å². The molecule has 8 heteroatoms. The minimum absolute atomic E-state index is 0.133. The lowest BCUT2D eigenvalue weighted by Gasteiger charge is -2.34. The van der Waals surface area contributed by atoms with Crippen LogP contribution in [0.4, 0.5) is 13.6 Å². The number of piperidine rings is 1. The second-order valence-corrected chi connectivity index (χ2v) is 11.9. The third-order valence-electron chi connectivity index (χ3n) is 8.05. The Balaban J connectivity index is 1.41. The van der Waals surface area contributed by atoms with E-state index in [0.29, 0.717) is 31.8 Å². The van der Waals surface area contributed by atoms with Crippen LogP contribution >= 0.6 is 0 Å². The summed E-state index contributed by atoms with van der Waals surface area (Å²) in [5.41, 5.74) is 3.13. The van der Waals surface area contributed by atoms with Crippen LogP contribution < -0.4 is 0 Å². The number of alkyl halides is 2. The van der Waals surface area contributed by atoms with Gasteiger partial charge in [0.05, 0.1) is 11.4 Å². The highest BCUT2D eigenvalue weighted by Crippen LogP contribution is 2.58. The fourth-order valence-corrected chi connectivity index (χ4v) is 6.13. The number of hydrogen-bond acceptors (Lipinski definition) is 4. The molecule has 186 valence electrons. The van der Waals surface area contributed by atoms with Crippen LogP contribution in [0.5, 0.6) is 0 Å². The highest BCUT2D eigenvalue weighted by molar-refractivity contribution is 5.69. The van der Waals surface area contributed by atoms with E-state index in [1.54, 1.807) is 0 Å². The van der Waals surface area contributed by atoms with E-state index in [9.17, 15) is 13.6 Å². The number of ether oxygens (including phenoxy) is 1. The average molecular weight is 475 g/mol. The Bertz CT molecular complexity index is 1090. The van der Waals surface area contributed by atoms with Crippen LogP contribution in [0.15, 0.2) is 12.1 Å². The van der Waals surface area contributed by atoms with Gasteiger partial charge >= 0.3 is 6.09 Å². The molecule has 1 saturated heterocycles. The van der Waals surface area contributed by atoms with E-state index < -0.39 is 17.4 Å². The Kier molecular flexibility index (Phi) is 5.45. The molecule has 3 aliphatic rings. The quantitative estimate of drug-likeness (QED) is 0.559. The molecule has 0 spiro atoms. The summed E-state index contributed by atoms with van der Waals surface area (Å²) in [4.78, 5) is 19.4. The largest absolute Gasteiger partial charge is 0.444 e. The number of rotatable bonds is 3. The van der Waals surface area contributed by atoms with Crippen LogP contribution in [0.3, 0.4) is 0 Å². The van der Waals surface area contributed by atoms with E-state index in [1.165, 1.54) is 0 Å². The van der Waals surface area contributed by atoms with Crippen LogP contribution in [0.2, 0.25) is 0 Å². The van der Waals surface area contributed by atoms with Gasteiger partial charge in [0.25, 0.3) is 0 Å². The number of halogens is 2. The van der Waals surface area contributed by atoms with Gasteiger partial charge in [0.15, 0.2) is 5.65 Å². The number of likely N-dealkylation sites (tertiary alicyclic amines) is 1. The van der Waals surface area contributed by atoms with Crippen molar-refractivity contribution in [1.29, 1.82) is 0 Å². The van der Waals surface area contributed by atoms with Crippen molar-refractivity contribution in [1.82, 2.24) is 19.5 Å². The molecule has 2 aromatic heterocycles. The van der Waals surface area contributed by atoms with Crippen LogP contribution in [-0.4, -0.2) is 50.2 Å². The van der Waals surface area contributed by atoms with Crippen molar-refractivity contribution in [3.8, 4) is 0 Å². The Hall–Kier alpha value is -2.25. The van der Waals surface area contributed by atoms with Gasteiger partial charge in [-0.3, -0.25) is 0 Å². The minimum Gasteiger partial charge on any atom is -0.444 e. The number of aromatic nitrogens is 3. The third kappa shape index (κ3) is 4.29. The zero-order chi connectivity index (χ0) is 24.5. The summed E-state index contributed by atoms with van der Waals surface area (Å²) in [5, 5.41) is 4.97. The summed E-state index contributed by atoms with van der Waals surface area (Å²) in [6, 6.07) is 4.14. The van der Waals surface area contributed by atoms with E-state index in [4.69, 9.17) is 14.8 Å². The molecule has 6 nitrogen and oxygen atoms in total. The lowest BCUT2D eigenvalue weighted by atomic mass is 9.78. The van der Waals surface area contributed by atoms with Crippen molar-refractivity contribution in [3.63, 3.8) is 0 Å². The number of hydrogen-bond donors (Lipinski definition) is 0. The normalized spacial score (nSPS) is 29.7. The molecule has 2 unspecified atom stereocenters. The van der Waals surface area contributed by atoms with Crippen molar-refractivity contribution in [2.45, 2.75) is 96.0 Å². The van der Waals surface area contributed by atoms with E-state index in [2.05, 4.69) is 6.07 Å². The molecule has 2 saturated carbocycles. The molecule has 2 aliphatic carbocycles. The SMILES string of the molecule is Cc1cc(C23CC2CCN(C(=O)OC(C)(C)C)C3)n2nc(C3CCC(C(C)(F)F)CC3)cc2n1. The van der Waals surface area contributed by atoms with E-state index in [-0.39, 0.29) is 17.4 Å². The van der Waals surface area contributed by atoms with Crippen LogP contribution in [0, 0.1) is 18.8 Å². The number of aryl methyl sites for hydroxylation is 1. The first-order valence-corrected chi connectivity index (χ1v) is 12.6. The van der Waals surface area contributed by atoms with E-state index in [1.807, 2.05) is 43.2 Å². The fraction of sp³-hybridized carbons (Fsp3) is 0.731. The number of carbonyl (C=O) groups excluding carboxylic acids is 1. The van der Waals surface area contributed by atoms with Gasteiger partial charge in [-0.25, -0.2) is 23.1 Å². The zero-order valence-corrected chi connectivity index (χ0v) is 20.9. The van der Waals surface area contributed by atoms with Gasteiger partial charge in [0.1, 0.15) is 5.60 Å². The minimum atomic E-state index is -2.61. The highest BCUT2D eigenvalue weighted by atomic mass is 19.3. The van der Waals surface area contributed by atoms with Crippen molar-refractivity contribution >= 4 is 11.7 Å². The van der Waals surface area contributed by atoms with Gasteiger partial charge in [-0.2, -0.15) is 5.10 Å². The molecule has 2 aromatic rings. The maximum atomic E-state index is 13.8. The molecule has 5 rings (SSSR count). The molecule has 2 atom stereocenters. The number of nitrogens with zero attached hydrogens (tertiary/aromatic N) is 4. The number of carbonyl (C=O) groups is 1. The number of amides is 1. The number of fused-ring (bicyclic) bond motifs is 2. The van der Waals surface area contributed by atoms with Crippen molar-refractivity contribution in [2.24, 2.45) is 11.8 Å². The summed E-state index contributed by atoms with van der Waals surface area (Å²) in [6.45, 7) is 10.0. The summed E-state index contributed by atoms with van der Waals surface area (Å²) >= 11 is 0. The van der Waals surface area contributed by atoms with Crippen molar-refractivity contribution < 1.29 is 18.3 Å². The Morgan fingerprint density at radius 2 is 1.82 bits per heavy atom. The van der Waals surface area contributed by atoms with Crippen LogP contribution in [0.25, 0.3) is 5.65 Å². The molecule has 1 amide bonds. The molecular formula is C26H36F2N4O2. The molecule has 1 aliphatic heterocycles. The van der Waals surface area contributed by atoms with Crippen LogP contribution in [0.1, 0.15) is 89.2 Å². The van der Waals surface area contributed by atoms with E-state index in [0.717, 1.165) is 55.3 Å². The molecule has 3 heterocycles. The van der Waals surface area contributed by atoms with Crippen molar-refractivity contribution in [2.75, 3.05) is 13.1 Å². The highest BCUT2D eigenvalue weighted by Gasteiger charge is 2.60. The Morgan fingerprint density at radius 3 is 2.47 bits per heavy atom. The molecule has 0 aromatic carbocycles. The second-order valence-electron chi connectivity index (χ2n) is 11.9. The zero-order valence-electron chi connectivity index (χ0n) is 20.9. The monoisotopic (exact) mass is 474 g/mol. The smallest absolute Gasteiger partial charge is 0.410 e. The first-order valence-electron chi connectivity index (χ1n) is 12.6. The first kappa shape index (κ1) is 23.5. The van der Waals surface area contributed by atoms with Gasteiger partial charge in [-0.05, 0) is 85.1 Å². The molecule has 0 bridgehead atoms. The molecule has 34 heavy (non-hydrogen) atoms. The van der Waals surface area contributed by atoms with E-state index >= 15 is 0 Å². The Labute approximate surface area is 200 Å². The van der Waals surface area contributed by atoms with Gasteiger partial charge in [-0.1, -0.05) is 0 Å². The summed E-state index contributed by atoms with van der Waals surface area (Å²) in [6.07, 6.45) is 4.22. The van der Waals surface area contributed by atoms with Crippen LogP contribution in [-0.2, 0) is 10.2 Å². The molecule has 0 N–H and O–H groups in total. The average Bonchev–Trinajstić information content (AvgIpc) is 3.33. The first-order chi connectivity index (χ1) is 15.9. The topological polar surface area (TPSA) is 59.7 Å². The van der Waals surface area contributed by atoms with Gasteiger partial charge < -0.3 is 9.64 Å².